The third-order valence-electron chi connectivity index (χ3n) is 2.71. The third-order valence-corrected chi connectivity index (χ3v) is 3.86. The molecule has 1 rings (SSSR count). The number of thiophene rings is 1. The molecular weight excluding hydrogens is 222 g/mol. The van der Waals surface area contributed by atoms with Crippen molar-refractivity contribution < 1.29 is 9.90 Å². The van der Waals surface area contributed by atoms with Gasteiger partial charge in [-0.15, -0.1) is 11.3 Å². The molecule has 0 aliphatic heterocycles. The Hall–Kier alpha value is -0.870. The van der Waals surface area contributed by atoms with Gasteiger partial charge in [0.2, 0.25) is 0 Å². The second-order valence-corrected chi connectivity index (χ2v) is 5.61. The molecule has 1 aromatic rings. The highest BCUT2D eigenvalue weighted by Crippen LogP contribution is 2.20. The number of carbonyl (C=O) groups excluding carboxylic acids is 1. The van der Waals surface area contributed by atoms with Crippen molar-refractivity contribution in [2.24, 2.45) is 5.92 Å². The minimum absolute atomic E-state index is 0.0211. The second kappa shape index (κ2) is 5.46. The predicted octanol–water partition coefficient (Wildman–Crippen LogP) is 2.11. The zero-order chi connectivity index (χ0) is 12.3. The van der Waals surface area contributed by atoms with Crippen molar-refractivity contribution in [1.82, 2.24) is 5.32 Å². The van der Waals surface area contributed by atoms with E-state index in [9.17, 15) is 4.79 Å². The molecular formula is C12H19NO2S. The Kier molecular flexibility index (Phi) is 4.50. The fourth-order valence-electron chi connectivity index (χ4n) is 1.35. The molecule has 0 fully saturated rings. The molecule has 1 amide bonds. The number of rotatable bonds is 4. The molecule has 0 aliphatic carbocycles. The largest absolute Gasteiger partial charge is 0.394 e. The van der Waals surface area contributed by atoms with Crippen molar-refractivity contribution in [3.63, 3.8) is 0 Å². The lowest BCUT2D eigenvalue weighted by molar-refractivity contribution is 0.0901. The van der Waals surface area contributed by atoms with Gasteiger partial charge in [-0.25, -0.2) is 0 Å². The van der Waals surface area contributed by atoms with Crippen molar-refractivity contribution >= 4 is 17.2 Å². The Morgan fingerprint density at radius 1 is 1.50 bits per heavy atom. The molecule has 0 spiro atoms. The van der Waals surface area contributed by atoms with Gasteiger partial charge in [0.1, 0.15) is 0 Å². The van der Waals surface area contributed by atoms with E-state index in [0.29, 0.717) is 4.88 Å². The van der Waals surface area contributed by atoms with Crippen LogP contribution >= 0.6 is 11.3 Å². The van der Waals surface area contributed by atoms with E-state index in [2.05, 4.69) is 5.32 Å². The summed E-state index contributed by atoms with van der Waals surface area (Å²) >= 11 is 1.49. The summed E-state index contributed by atoms with van der Waals surface area (Å²) in [7, 11) is 0. The Labute approximate surface area is 100 Å². The van der Waals surface area contributed by atoms with Crippen molar-refractivity contribution in [2.75, 3.05) is 6.61 Å². The lowest BCUT2D eigenvalue weighted by atomic mass is 10.1. The Balaban J connectivity index is 2.71. The SMILES string of the molecule is Cc1cc(C(=O)N[C@H](CO)C(C)C)sc1C. The van der Waals surface area contributed by atoms with Crippen molar-refractivity contribution in [2.45, 2.75) is 33.7 Å². The molecule has 90 valence electrons. The van der Waals surface area contributed by atoms with Crippen LogP contribution in [0.2, 0.25) is 0 Å². The van der Waals surface area contributed by atoms with Crippen LogP contribution < -0.4 is 5.32 Å². The van der Waals surface area contributed by atoms with E-state index in [1.807, 2.05) is 33.8 Å². The molecule has 0 saturated heterocycles. The summed E-state index contributed by atoms with van der Waals surface area (Å²) in [4.78, 5) is 13.8. The summed E-state index contributed by atoms with van der Waals surface area (Å²) in [5.41, 5.74) is 1.14. The average molecular weight is 241 g/mol. The predicted molar refractivity (Wildman–Crippen MR) is 67.0 cm³/mol. The van der Waals surface area contributed by atoms with Crippen LogP contribution in [0.5, 0.6) is 0 Å². The second-order valence-electron chi connectivity index (χ2n) is 4.36. The molecule has 2 N–H and O–H groups in total. The minimum Gasteiger partial charge on any atom is -0.394 e. The van der Waals surface area contributed by atoms with Gasteiger partial charge in [0.15, 0.2) is 0 Å². The van der Waals surface area contributed by atoms with Crippen LogP contribution in [0.3, 0.4) is 0 Å². The number of aliphatic hydroxyl groups is 1. The third kappa shape index (κ3) is 3.06. The first kappa shape index (κ1) is 13.2. The van der Waals surface area contributed by atoms with Crippen molar-refractivity contribution in [1.29, 1.82) is 0 Å². The van der Waals surface area contributed by atoms with Crippen LogP contribution in [0, 0.1) is 19.8 Å². The molecule has 0 radical (unpaired) electrons. The first-order valence-electron chi connectivity index (χ1n) is 5.44. The summed E-state index contributed by atoms with van der Waals surface area (Å²) < 4.78 is 0. The van der Waals surface area contributed by atoms with Gasteiger partial charge in [0.25, 0.3) is 5.91 Å². The Morgan fingerprint density at radius 3 is 2.50 bits per heavy atom. The van der Waals surface area contributed by atoms with Gasteiger partial charge in [-0.05, 0) is 31.4 Å². The highest BCUT2D eigenvalue weighted by atomic mass is 32.1. The van der Waals surface area contributed by atoms with Gasteiger partial charge in [-0.1, -0.05) is 13.8 Å². The number of aryl methyl sites for hydroxylation is 2. The summed E-state index contributed by atoms with van der Waals surface area (Å²) in [6.07, 6.45) is 0. The van der Waals surface area contributed by atoms with Crippen LogP contribution in [0.1, 0.15) is 34.0 Å². The molecule has 0 bridgehead atoms. The number of nitrogens with one attached hydrogen (secondary N) is 1. The van der Waals surface area contributed by atoms with E-state index < -0.39 is 0 Å². The molecule has 4 heteroatoms. The lowest BCUT2D eigenvalue weighted by Gasteiger charge is -2.19. The van der Waals surface area contributed by atoms with Gasteiger partial charge < -0.3 is 10.4 Å². The highest BCUT2D eigenvalue weighted by molar-refractivity contribution is 7.14. The number of carbonyl (C=O) groups is 1. The van der Waals surface area contributed by atoms with E-state index in [1.54, 1.807) is 0 Å². The number of aliphatic hydroxyl groups excluding tert-OH is 1. The lowest BCUT2D eigenvalue weighted by Crippen LogP contribution is -2.40. The summed E-state index contributed by atoms with van der Waals surface area (Å²) in [6, 6.07) is 1.72. The van der Waals surface area contributed by atoms with Crippen LogP contribution in [0.15, 0.2) is 6.07 Å². The van der Waals surface area contributed by atoms with Gasteiger partial charge in [-0.3, -0.25) is 4.79 Å². The summed E-state index contributed by atoms with van der Waals surface area (Å²) in [5, 5.41) is 12.0. The number of hydrogen-bond acceptors (Lipinski definition) is 3. The maximum Gasteiger partial charge on any atom is 0.261 e. The van der Waals surface area contributed by atoms with E-state index in [-0.39, 0.29) is 24.5 Å². The normalized spacial score (nSPS) is 12.9. The van der Waals surface area contributed by atoms with Gasteiger partial charge in [-0.2, -0.15) is 0 Å². The average Bonchev–Trinajstić information content (AvgIpc) is 2.55. The van der Waals surface area contributed by atoms with Crippen molar-refractivity contribution in [3.05, 3.63) is 21.4 Å². The van der Waals surface area contributed by atoms with Gasteiger partial charge in [0.05, 0.1) is 17.5 Å². The van der Waals surface area contributed by atoms with E-state index in [4.69, 9.17) is 5.11 Å². The van der Waals surface area contributed by atoms with Crippen LogP contribution in [0.4, 0.5) is 0 Å². The topological polar surface area (TPSA) is 49.3 Å². The summed E-state index contributed by atoms with van der Waals surface area (Å²) in [5.74, 6) is 0.144. The molecule has 16 heavy (non-hydrogen) atoms. The highest BCUT2D eigenvalue weighted by Gasteiger charge is 2.17. The fraction of sp³-hybridized carbons (Fsp3) is 0.583. The Bertz CT molecular complexity index is 352. The molecule has 1 heterocycles. The van der Waals surface area contributed by atoms with Gasteiger partial charge >= 0.3 is 0 Å². The summed E-state index contributed by atoms with van der Waals surface area (Å²) in [6.45, 7) is 7.93. The van der Waals surface area contributed by atoms with Crippen LogP contribution in [0.25, 0.3) is 0 Å². The standard InChI is InChI=1S/C12H19NO2S/c1-7(2)10(6-14)13-12(15)11-5-8(3)9(4)16-11/h5,7,10,14H,6H2,1-4H3,(H,13,15)/t10-/m1/s1. The van der Waals surface area contributed by atoms with E-state index in [1.165, 1.54) is 11.3 Å². The molecule has 1 atom stereocenters. The number of amides is 1. The Morgan fingerprint density at radius 2 is 2.12 bits per heavy atom. The maximum absolute atomic E-state index is 11.9. The van der Waals surface area contributed by atoms with Gasteiger partial charge in [0, 0.05) is 4.88 Å². The van der Waals surface area contributed by atoms with Crippen LogP contribution in [-0.4, -0.2) is 23.7 Å². The quantitative estimate of drug-likeness (QED) is 0.848. The molecule has 3 nitrogen and oxygen atoms in total. The fourth-order valence-corrected chi connectivity index (χ4v) is 2.28. The zero-order valence-corrected chi connectivity index (χ0v) is 11.0. The number of hydrogen-bond donors (Lipinski definition) is 2. The maximum atomic E-state index is 11.9. The molecule has 1 aromatic heterocycles. The minimum atomic E-state index is -0.171. The first-order valence-corrected chi connectivity index (χ1v) is 6.26. The molecule has 0 aliphatic rings. The smallest absolute Gasteiger partial charge is 0.261 e. The van der Waals surface area contributed by atoms with E-state index in [0.717, 1.165) is 10.4 Å². The van der Waals surface area contributed by atoms with Crippen molar-refractivity contribution in [3.8, 4) is 0 Å². The first-order chi connectivity index (χ1) is 7.45. The molecule has 0 unspecified atom stereocenters. The zero-order valence-electron chi connectivity index (χ0n) is 10.2. The monoisotopic (exact) mass is 241 g/mol. The molecule has 0 aromatic carbocycles. The molecule has 0 saturated carbocycles. The van der Waals surface area contributed by atoms with E-state index >= 15 is 0 Å². The van der Waals surface area contributed by atoms with Crippen LogP contribution in [-0.2, 0) is 0 Å².